The minimum Gasteiger partial charge on any atom is -0.492 e. The lowest BCUT2D eigenvalue weighted by Crippen LogP contribution is -2.44. The Kier molecular flexibility index (Phi) is 6.62. The summed E-state index contributed by atoms with van der Waals surface area (Å²) in [5.41, 5.74) is 5.27. The van der Waals surface area contributed by atoms with Crippen LogP contribution < -0.4 is 19.5 Å². The molecule has 2 aliphatic heterocycles. The number of para-hydroxylation sites is 1. The maximum atomic E-state index is 13.5. The molecule has 0 radical (unpaired) electrons. The van der Waals surface area contributed by atoms with E-state index in [0.717, 1.165) is 51.5 Å². The molecule has 7 nitrogen and oxygen atoms in total. The van der Waals surface area contributed by atoms with E-state index in [0.29, 0.717) is 13.0 Å². The molecule has 1 aromatic heterocycles. The Morgan fingerprint density at radius 1 is 1.05 bits per heavy atom. The van der Waals surface area contributed by atoms with E-state index in [1.165, 1.54) is 5.56 Å². The first-order chi connectivity index (χ1) is 18.5. The van der Waals surface area contributed by atoms with Gasteiger partial charge < -0.3 is 24.1 Å². The summed E-state index contributed by atoms with van der Waals surface area (Å²) < 4.78 is 17.0. The van der Waals surface area contributed by atoms with Crippen LogP contribution in [0.4, 0.5) is 0 Å². The van der Waals surface area contributed by atoms with Gasteiger partial charge in [-0.15, -0.1) is 0 Å². The molecule has 0 saturated heterocycles. The lowest BCUT2D eigenvalue weighted by atomic mass is 9.88. The molecular weight excluding hydrogens is 478 g/mol. The number of carbonyl (C=O) groups excluding carboxylic acids is 1. The Morgan fingerprint density at radius 2 is 1.92 bits per heavy atom. The molecule has 2 atom stereocenters. The van der Waals surface area contributed by atoms with E-state index in [2.05, 4.69) is 27.3 Å². The number of ether oxygens (including phenoxy) is 3. The molecular formula is C31H31N3O4. The van der Waals surface area contributed by atoms with Gasteiger partial charge in [-0.25, -0.2) is 0 Å². The maximum absolute atomic E-state index is 13.5. The fourth-order valence-electron chi connectivity index (χ4n) is 5.12. The van der Waals surface area contributed by atoms with E-state index < -0.39 is 0 Å². The third kappa shape index (κ3) is 4.90. The van der Waals surface area contributed by atoms with Crippen LogP contribution in [-0.4, -0.2) is 55.7 Å². The quantitative estimate of drug-likeness (QED) is 0.335. The van der Waals surface area contributed by atoms with E-state index in [1.54, 1.807) is 6.08 Å². The van der Waals surface area contributed by atoms with Crippen LogP contribution in [0.15, 0.2) is 72.8 Å². The molecule has 4 aromatic rings. The van der Waals surface area contributed by atoms with Gasteiger partial charge in [-0.2, -0.15) is 0 Å². The smallest absolute Gasteiger partial charge is 0.231 e. The minimum absolute atomic E-state index is 0.0330. The number of carbonyl (C=O) groups is 1. The van der Waals surface area contributed by atoms with Crippen LogP contribution in [0.3, 0.4) is 0 Å². The second kappa shape index (κ2) is 10.4. The van der Waals surface area contributed by atoms with E-state index in [-0.39, 0.29) is 24.7 Å². The van der Waals surface area contributed by atoms with Crippen molar-refractivity contribution in [1.29, 1.82) is 0 Å². The number of hydrogen-bond acceptors (Lipinski definition) is 6. The Morgan fingerprint density at radius 3 is 2.82 bits per heavy atom. The van der Waals surface area contributed by atoms with E-state index in [9.17, 15) is 4.79 Å². The van der Waals surface area contributed by atoms with Gasteiger partial charge in [0.1, 0.15) is 12.4 Å². The summed E-state index contributed by atoms with van der Waals surface area (Å²) in [5, 5.41) is 4.76. The number of benzene rings is 3. The monoisotopic (exact) mass is 509 g/mol. The second-order valence-electron chi connectivity index (χ2n) is 9.99. The number of rotatable bonds is 8. The number of hydrogen-bond donors (Lipinski definition) is 2. The van der Waals surface area contributed by atoms with Crippen molar-refractivity contribution in [2.75, 3.05) is 34.0 Å². The molecule has 2 aliphatic rings. The third-order valence-electron chi connectivity index (χ3n) is 7.09. The summed E-state index contributed by atoms with van der Waals surface area (Å²) in [6, 6.07) is 21.5. The van der Waals surface area contributed by atoms with E-state index in [4.69, 9.17) is 14.2 Å². The Hall–Kier alpha value is -4.07. The van der Waals surface area contributed by atoms with Gasteiger partial charge in [0, 0.05) is 23.1 Å². The van der Waals surface area contributed by atoms with Gasteiger partial charge in [0.25, 0.3) is 0 Å². The van der Waals surface area contributed by atoms with Crippen molar-refractivity contribution < 1.29 is 19.0 Å². The van der Waals surface area contributed by atoms with Crippen molar-refractivity contribution in [1.82, 2.24) is 15.2 Å². The van der Waals surface area contributed by atoms with Crippen molar-refractivity contribution in [3.8, 4) is 17.2 Å². The van der Waals surface area contributed by atoms with Gasteiger partial charge in [-0.05, 0) is 73.6 Å². The first kappa shape index (κ1) is 24.3. The van der Waals surface area contributed by atoms with Crippen LogP contribution in [0.5, 0.6) is 17.2 Å². The summed E-state index contributed by atoms with van der Waals surface area (Å²) in [4.78, 5) is 19.2. The van der Waals surface area contributed by atoms with E-state index in [1.807, 2.05) is 74.8 Å². The fraction of sp³-hybridized carbons (Fsp3) is 0.258. The molecule has 0 amide bonds. The Balaban J connectivity index is 1.26. The highest BCUT2D eigenvalue weighted by Gasteiger charge is 2.33. The second-order valence-corrected chi connectivity index (χ2v) is 9.99. The highest BCUT2D eigenvalue weighted by atomic mass is 16.7. The van der Waals surface area contributed by atoms with Gasteiger partial charge in [-0.1, -0.05) is 42.5 Å². The number of nitrogens with zero attached hydrogens (tertiary/aromatic N) is 1. The molecule has 7 heteroatoms. The molecule has 3 heterocycles. The molecule has 3 aromatic carbocycles. The maximum Gasteiger partial charge on any atom is 0.231 e. The number of nitrogens with one attached hydrogen (secondary N) is 2. The van der Waals surface area contributed by atoms with Crippen LogP contribution in [0, 0.1) is 0 Å². The van der Waals surface area contributed by atoms with Crippen LogP contribution in [0.2, 0.25) is 0 Å². The molecule has 2 N–H and O–H groups in total. The molecule has 38 heavy (non-hydrogen) atoms. The molecule has 0 saturated carbocycles. The zero-order valence-corrected chi connectivity index (χ0v) is 21.6. The highest BCUT2D eigenvalue weighted by Crippen LogP contribution is 2.39. The summed E-state index contributed by atoms with van der Waals surface area (Å²) in [5.74, 6) is 2.29. The normalized spacial score (nSPS) is 18.3. The average Bonchev–Trinajstić information content (AvgIpc) is 3.55. The van der Waals surface area contributed by atoms with E-state index >= 15 is 0 Å². The summed E-state index contributed by atoms with van der Waals surface area (Å²) in [6.07, 6.45) is 4.15. The third-order valence-corrected chi connectivity index (χ3v) is 7.09. The van der Waals surface area contributed by atoms with Gasteiger partial charge in [0.2, 0.25) is 6.79 Å². The lowest BCUT2D eigenvalue weighted by Gasteiger charge is -2.30. The number of H-pyrrole nitrogens is 1. The average molecular weight is 510 g/mol. The zero-order valence-electron chi connectivity index (χ0n) is 21.6. The van der Waals surface area contributed by atoms with Crippen molar-refractivity contribution >= 4 is 22.8 Å². The first-order valence-electron chi connectivity index (χ1n) is 12.9. The number of likely N-dealkylation sites (N-methyl/N-ethyl adjacent to an activating group) is 1. The zero-order chi connectivity index (χ0) is 26.1. The largest absolute Gasteiger partial charge is 0.492 e. The number of fused-ring (bicyclic) bond motifs is 4. The molecule has 0 bridgehead atoms. The predicted molar refractivity (Wildman–Crippen MR) is 148 cm³/mol. The molecule has 0 fully saturated rings. The van der Waals surface area contributed by atoms with Gasteiger partial charge in [-0.3, -0.25) is 10.1 Å². The predicted octanol–water partition coefficient (Wildman–Crippen LogP) is 4.72. The van der Waals surface area contributed by atoms with Crippen molar-refractivity contribution in [3.63, 3.8) is 0 Å². The Labute approximate surface area is 222 Å². The van der Waals surface area contributed by atoms with Gasteiger partial charge >= 0.3 is 0 Å². The number of aromatic nitrogens is 1. The molecule has 194 valence electrons. The van der Waals surface area contributed by atoms with Crippen molar-refractivity contribution in [3.05, 3.63) is 95.2 Å². The molecule has 2 unspecified atom stereocenters. The summed E-state index contributed by atoms with van der Waals surface area (Å²) in [6.45, 7) is 1.67. The minimum atomic E-state index is -0.368. The van der Waals surface area contributed by atoms with Crippen LogP contribution >= 0.6 is 0 Å². The number of ketones is 1. The summed E-state index contributed by atoms with van der Waals surface area (Å²) in [7, 11) is 4.04. The van der Waals surface area contributed by atoms with Gasteiger partial charge in [0.15, 0.2) is 17.3 Å². The number of aromatic amines is 1. The van der Waals surface area contributed by atoms with Crippen LogP contribution in [0.25, 0.3) is 17.0 Å². The SMILES string of the molecule is CN(C)CCOc1cccc(C=CC(=O)C2Cc3c([nH]c4ccccc34)C(c3ccc4c(c3)OCO4)N2)c1. The van der Waals surface area contributed by atoms with Crippen LogP contribution in [-0.2, 0) is 11.2 Å². The fourth-order valence-corrected chi connectivity index (χ4v) is 5.12. The molecule has 0 aliphatic carbocycles. The van der Waals surface area contributed by atoms with Crippen molar-refractivity contribution in [2.24, 2.45) is 0 Å². The molecule has 0 spiro atoms. The Bertz CT molecular complexity index is 1510. The highest BCUT2D eigenvalue weighted by molar-refractivity contribution is 5.99. The lowest BCUT2D eigenvalue weighted by molar-refractivity contribution is -0.116. The standard InChI is InChI=1S/C31H31N3O4/c1-34(2)14-15-36-22-7-5-6-20(16-22)10-12-27(35)26-18-24-23-8-3-4-9-25(23)32-31(24)30(33-26)21-11-13-28-29(17-21)38-19-37-28/h3-13,16-17,26,30,32-33H,14-15,18-19H2,1-2H3. The van der Waals surface area contributed by atoms with Crippen molar-refractivity contribution in [2.45, 2.75) is 18.5 Å². The van der Waals surface area contributed by atoms with Crippen LogP contribution in [0.1, 0.15) is 28.4 Å². The van der Waals surface area contributed by atoms with Gasteiger partial charge in [0.05, 0.1) is 12.1 Å². The first-order valence-corrected chi connectivity index (χ1v) is 12.9. The topological polar surface area (TPSA) is 75.8 Å². The molecule has 6 rings (SSSR count). The summed E-state index contributed by atoms with van der Waals surface area (Å²) >= 11 is 0.